The highest BCUT2D eigenvalue weighted by Gasteiger charge is 2.23. The molecule has 4 rings (SSSR count). The Balaban J connectivity index is 1.72. The number of nitrogens with zero attached hydrogens (tertiary/aromatic N) is 2. The van der Waals surface area contributed by atoms with E-state index in [0.717, 1.165) is 28.7 Å². The van der Waals surface area contributed by atoms with Gasteiger partial charge in [-0.15, -0.1) is 0 Å². The van der Waals surface area contributed by atoms with Crippen LogP contribution in [0, 0.1) is 0 Å². The molecule has 0 spiro atoms. The van der Waals surface area contributed by atoms with Crippen molar-refractivity contribution < 1.29 is 4.79 Å². The fourth-order valence-corrected chi connectivity index (χ4v) is 3.36. The minimum absolute atomic E-state index is 0.255. The Hall–Kier alpha value is -3.15. The number of para-hydroxylation sites is 2. The second-order valence-corrected chi connectivity index (χ2v) is 6.14. The molecule has 1 aliphatic heterocycles. The number of carbonyl (C=O) groups is 1. The van der Waals surface area contributed by atoms with Gasteiger partial charge in [-0.1, -0.05) is 30.3 Å². The number of aromatic nitrogens is 2. The van der Waals surface area contributed by atoms with Gasteiger partial charge in [-0.05, 0) is 36.6 Å². The summed E-state index contributed by atoms with van der Waals surface area (Å²) in [7, 11) is 0. The summed E-state index contributed by atoms with van der Waals surface area (Å²) in [6.45, 7) is 0.323. The van der Waals surface area contributed by atoms with Gasteiger partial charge >= 0.3 is 5.69 Å². The average Bonchev–Trinajstić information content (AvgIpc) is 2.64. The molecule has 0 fully saturated rings. The molecule has 25 heavy (non-hydrogen) atoms. The van der Waals surface area contributed by atoms with Crippen molar-refractivity contribution in [2.24, 2.45) is 0 Å². The summed E-state index contributed by atoms with van der Waals surface area (Å²) in [4.78, 5) is 42.0. The zero-order valence-corrected chi connectivity index (χ0v) is 13.6. The molecular weight excluding hydrogens is 318 g/mol. The number of hydrogen-bond acceptors (Lipinski definition) is 3. The first-order chi connectivity index (χ1) is 12.1. The number of carbonyl (C=O) groups excluding carboxylic acids is 1. The predicted octanol–water partition coefficient (Wildman–Crippen LogP) is 1.67. The Morgan fingerprint density at radius 2 is 1.80 bits per heavy atom. The molecule has 2 aromatic carbocycles. The molecule has 1 aromatic heterocycles. The van der Waals surface area contributed by atoms with E-state index in [2.05, 4.69) is 4.98 Å². The Kier molecular flexibility index (Phi) is 3.72. The molecule has 0 unspecified atom stereocenters. The Morgan fingerprint density at radius 3 is 2.68 bits per heavy atom. The first-order valence-electron chi connectivity index (χ1n) is 8.25. The molecule has 0 atom stereocenters. The third kappa shape index (κ3) is 2.65. The number of anilines is 1. The van der Waals surface area contributed by atoms with Crippen molar-refractivity contribution in [1.82, 2.24) is 9.55 Å². The fourth-order valence-electron chi connectivity index (χ4n) is 3.36. The molecule has 0 saturated heterocycles. The third-order valence-electron chi connectivity index (χ3n) is 4.59. The summed E-state index contributed by atoms with van der Waals surface area (Å²) in [5, 5.41) is 0.397. The molecule has 6 nitrogen and oxygen atoms in total. The minimum Gasteiger partial charge on any atom is -0.311 e. The van der Waals surface area contributed by atoms with Crippen molar-refractivity contribution in [3.8, 4) is 0 Å². The van der Waals surface area contributed by atoms with Crippen LogP contribution in [0.25, 0.3) is 10.9 Å². The Morgan fingerprint density at radius 1 is 1.04 bits per heavy atom. The van der Waals surface area contributed by atoms with Gasteiger partial charge in [-0.3, -0.25) is 14.2 Å². The van der Waals surface area contributed by atoms with E-state index in [9.17, 15) is 14.4 Å². The van der Waals surface area contributed by atoms with Crippen LogP contribution >= 0.6 is 0 Å². The maximum absolute atomic E-state index is 12.8. The monoisotopic (exact) mass is 335 g/mol. The number of hydrogen-bond donors (Lipinski definition) is 1. The van der Waals surface area contributed by atoms with Crippen LogP contribution in [0.4, 0.5) is 5.69 Å². The number of aromatic amines is 1. The summed E-state index contributed by atoms with van der Waals surface area (Å²) in [6, 6.07) is 14.5. The van der Waals surface area contributed by atoms with E-state index in [1.807, 2.05) is 24.3 Å². The van der Waals surface area contributed by atoms with Gasteiger partial charge in [0.2, 0.25) is 5.91 Å². The fraction of sp³-hybridized carbons (Fsp3) is 0.211. The van der Waals surface area contributed by atoms with Crippen molar-refractivity contribution in [2.45, 2.75) is 19.4 Å². The van der Waals surface area contributed by atoms with Crippen LogP contribution in [0.15, 0.2) is 58.1 Å². The van der Waals surface area contributed by atoms with Gasteiger partial charge < -0.3 is 9.88 Å². The summed E-state index contributed by atoms with van der Waals surface area (Å²) >= 11 is 0. The first kappa shape index (κ1) is 15.4. The summed E-state index contributed by atoms with van der Waals surface area (Å²) in [6.07, 6.45) is 1.79. The smallest absolute Gasteiger partial charge is 0.311 e. The second-order valence-electron chi connectivity index (χ2n) is 6.14. The molecule has 0 radical (unpaired) electrons. The second kappa shape index (κ2) is 6.05. The van der Waals surface area contributed by atoms with Crippen molar-refractivity contribution in [3.63, 3.8) is 0 Å². The van der Waals surface area contributed by atoms with Crippen LogP contribution in [-0.2, 0) is 17.8 Å². The van der Waals surface area contributed by atoms with Gasteiger partial charge in [0.25, 0.3) is 5.56 Å². The number of nitrogens with one attached hydrogen (secondary N) is 1. The maximum atomic E-state index is 12.8. The van der Waals surface area contributed by atoms with Gasteiger partial charge in [-0.2, -0.15) is 0 Å². The average molecular weight is 335 g/mol. The number of amides is 1. The molecule has 1 N–H and O–H groups in total. The van der Waals surface area contributed by atoms with Crippen LogP contribution < -0.4 is 16.1 Å². The van der Waals surface area contributed by atoms with E-state index in [0.29, 0.717) is 17.4 Å². The van der Waals surface area contributed by atoms with Gasteiger partial charge in [0.15, 0.2) is 0 Å². The Labute approximate surface area is 143 Å². The largest absolute Gasteiger partial charge is 0.329 e. The maximum Gasteiger partial charge on any atom is 0.329 e. The quantitative estimate of drug-likeness (QED) is 0.774. The summed E-state index contributed by atoms with van der Waals surface area (Å²) in [5.41, 5.74) is 1.44. The molecule has 2 heterocycles. The zero-order valence-electron chi connectivity index (χ0n) is 13.6. The van der Waals surface area contributed by atoms with Crippen LogP contribution in [0.3, 0.4) is 0 Å². The first-order valence-corrected chi connectivity index (χ1v) is 8.25. The van der Waals surface area contributed by atoms with Crippen LogP contribution in [0.5, 0.6) is 0 Å². The van der Waals surface area contributed by atoms with Gasteiger partial charge in [-0.25, -0.2) is 4.79 Å². The molecule has 1 amide bonds. The highest BCUT2D eigenvalue weighted by atomic mass is 16.2. The van der Waals surface area contributed by atoms with E-state index in [1.165, 1.54) is 0 Å². The van der Waals surface area contributed by atoms with E-state index < -0.39 is 11.2 Å². The molecule has 0 saturated carbocycles. The van der Waals surface area contributed by atoms with E-state index in [-0.39, 0.29) is 12.5 Å². The van der Waals surface area contributed by atoms with Crippen molar-refractivity contribution in [3.05, 3.63) is 74.9 Å². The number of aryl methyl sites for hydroxylation is 1. The van der Waals surface area contributed by atoms with Crippen LogP contribution in [0.2, 0.25) is 0 Å². The number of H-pyrrole nitrogens is 1. The molecule has 126 valence electrons. The molecular formula is C19H17N3O3. The van der Waals surface area contributed by atoms with Crippen molar-refractivity contribution >= 4 is 22.5 Å². The number of benzene rings is 2. The van der Waals surface area contributed by atoms with Gasteiger partial charge in [0, 0.05) is 12.2 Å². The van der Waals surface area contributed by atoms with E-state index in [1.54, 1.807) is 29.2 Å². The lowest BCUT2D eigenvalue weighted by Gasteiger charge is -2.29. The molecule has 3 aromatic rings. The lowest BCUT2D eigenvalue weighted by Crippen LogP contribution is -2.43. The Bertz CT molecular complexity index is 1080. The number of rotatable bonds is 2. The minimum atomic E-state index is -0.567. The lowest BCUT2D eigenvalue weighted by molar-refractivity contribution is -0.119. The van der Waals surface area contributed by atoms with Gasteiger partial charge in [0.05, 0.1) is 10.9 Å². The highest BCUT2D eigenvalue weighted by Crippen LogP contribution is 2.26. The lowest BCUT2D eigenvalue weighted by atomic mass is 10.0. The molecule has 1 aliphatic rings. The van der Waals surface area contributed by atoms with E-state index in [4.69, 9.17) is 0 Å². The number of fused-ring (bicyclic) bond motifs is 2. The molecule has 6 heteroatoms. The van der Waals surface area contributed by atoms with Gasteiger partial charge in [0.1, 0.15) is 6.54 Å². The summed E-state index contributed by atoms with van der Waals surface area (Å²) < 4.78 is 0.974. The topological polar surface area (TPSA) is 75.2 Å². The van der Waals surface area contributed by atoms with Crippen LogP contribution in [-0.4, -0.2) is 22.0 Å². The summed E-state index contributed by atoms with van der Waals surface area (Å²) in [5.74, 6) is -0.255. The normalized spacial score (nSPS) is 13.7. The molecule has 0 bridgehead atoms. The van der Waals surface area contributed by atoms with E-state index >= 15 is 0 Å². The third-order valence-corrected chi connectivity index (χ3v) is 4.59. The van der Waals surface area contributed by atoms with Crippen LogP contribution in [0.1, 0.15) is 12.0 Å². The molecule has 0 aliphatic carbocycles. The SMILES string of the molecule is O=C(Cn1c(=O)[nH]c2ccccc2c1=O)N1CCCc2ccccc21. The standard InChI is InChI=1S/C19H17N3O3/c23-17(21-11-5-7-13-6-1-4-10-16(13)21)12-22-18(24)14-8-2-3-9-15(14)20-19(22)25/h1-4,6,8-10H,5,7,11-12H2,(H,20,25). The zero-order chi connectivity index (χ0) is 17.4. The highest BCUT2D eigenvalue weighted by molar-refractivity contribution is 5.94. The van der Waals surface area contributed by atoms with Crippen molar-refractivity contribution in [2.75, 3.05) is 11.4 Å². The predicted molar refractivity (Wildman–Crippen MR) is 95.9 cm³/mol. The van der Waals surface area contributed by atoms with Crippen molar-refractivity contribution in [1.29, 1.82) is 0 Å².